The fourth-order valence-corrected chi connectivity index (χ4v) is 1.10. The van der Waals surface area contributed by atoms with E-state index in [4.69, 9.17) is 5.73 Å². The smallest absolute Gasteiger partial charge is 0.0220 e. The van der Waals surface area contributed by atoms with Crippen molar-refractivity contribution in [1.82, 2.24) is 0 Å². The maximum absolute atomic E-state index is 5.13. The molecule has 0 spiro atoms. The second kappa shape index (κ2) is 6.48. The summed E-state index contributed by atoms with van der Waals surface area (Å²) in [7, 11) is 0. The fourth-order valence-electron chi connectivity index (χ4n) is 1.10. The molecule has 0 bridgehead atoms. The van der Waals surface area contributed by atoms with E-state index in [0.717, 1.165) is 0 Å². The minimum absolute atomic E-state index is 0.542. The molecule has 0 unspecified atom stereocenters. The van der Waals surface area contributed by atoms with Crippen LogP contribution >= 0.6 is 0 Å². The third-order valence-corrected chi connectivity index (χ3v) is 1.56. The van der Waals surface area contributed by atoms with E-state index in [1.807, 2.05) is 0 Å². The van der Waals surface area contributed by atoms with Crippen molar-refractivity contribution in [3.8, 4) is 12.0 Å². The zero-order valence-corrected chi connectivity index (χ0v) is 6.98. The second-order valence-electron chi connectivity index (χ2n) is 2.56. The lowest BCUT2D eigenvalue weighted by atomic mass is 9.99. The molecule has 1 nitrogen and oxygen atoms in total. The maximum Gasteiger partial charge on any atom is 0.0220 e. The molecule has 58 valence electrons. The van der Waals surface area contributed by atoms with Crippen LogP contribution in [0, 0.1) is 17.9 Å². The van der Waals surface area contributed by atoms with E-state index < -0.39 is 0 Å². The highest BCUT2D eigenvalue weighted by atomic mass is 14.5. The summed E-state index contributed by atoms with van der Waals surface area (Å²) < 4.78 is 0. The molecule has 0 amide bonds. The summed E-state index contributed by atoms with van der Waals surface area (Å²) in [5.41, 5.74) is 5.13. The summed E-state index contributed by atoms with van der Waals surface area (Å²) in [5, 5.41) is 0. The summed E-state index contributed by atoms with van der Waals surface area (Å²) >= 11 is 0. The predicted octanol–water partition coefficient (Wildman–Crippen LogP) is 2.12. The summed E-state index contributed by atoms with van der Waals surface area (Å²) in [5.74, 6) is 3.55. The van der Waals surface area contributed by atoms with Crippen molar-refractivity contribution in [2.24, 2.45) is 11.7 Å². The van der Waals surface area contributed by atoms with Gasteiger partial charge in [-0.15, -0.1) is 0 Å². The van der Waals surface area contributed by atoms with E-state index in [9.17, 15) is 0 Å². The molecule has 0 aromatic rings. The van der Waals surface area contributed by atoms with E-state index in [1.54, 1.807) is 0 Å². The molecule has 0 saturated carbocycles. The molecule has 0 aliphatic carbocycles. The molecule has 0 radical (unpaired) electrons. The van der Waals surface area contributed by atoms with Gasteiger partial charge in [0, 0.05) is 12.0 Å². The summed E-state index contributed by atoms with van der Waals surface area (Å²) in [6, 6.07) is 2.49. The Bertz CT molecular complexity index is 112. The molecule has 10 heavy (non-hydrogen) atoms. The molecule has 0 fully saturated rings. The van der Waals surface area contributed by atoms with Crippen LogP contribution in [0.3, 0.4) is 0 Å². The lowest BCUT2D eigenvalue weighted by molar-refractivity contribution is 0.546. The van der Waals surface area contributed by atoms with Gasteiger partial charge in [-0.05, 0) is 12.8 Å². The van der Waals surface area contributed by atoms with Gasteiger partial charge in [-0.2, -0.15) is 0 Å². The monoisotopic (exact) mass is 139 g/mol. The second-order valence-corrected chi connectivity index (χ2v) is 2.56. The Morgan fingerprint density at radius 3 is 2.00 bits per heavy atom. The SMILES string of the molecule is CCCC(C#CN)CCC. The van der Waals surface area contributed by atoms with Crippen molar-refractivity contribution < 1.29 is 0 Å². The highest BCUT2D eigenvalue weighted by Gasteiger charge is 2.00. The summed E-state index contributed by atoms with van der Waals surface area (Å²) in [4.78, 5) is 0. The molecule has 0 aromatic carbocycles. The van der Waals surface area contributed by atoms with Gasteiger partial charge in [-0.25, -0.2) is 0 Å². The van der Waals surface area contributed by atoms with E-state index in [-0.39, 0.29) is 0 Å². The zero-order chi connectivity index (χ0) is 7.82. The Hall–Kier alpha value is -0.640. The Kier molecular flexibility index (Phi) is 6.06. The van der Waals surface area contributed by atoms with E-state index in [2.05, 4.69) is 25.8 Å². The lowest BCUT2D eigenvalue weighted by Gasteiger charge is -2.05. The average Bonchev–Trinajstić information content (AvgIpc) is 1.90. The normalized spacial score (nSPS) is 9.10. The van der Waals surface area contributed by atoms with Crippen LogP contribution in [0.25, 0.3) is 0 Å². The van der Waals surface area contributed by atoms with Crippen LogP contribution in [0.5, 0.6) is 0 Å². The highest BCUT2D eigenvalue weighted by molar-refractivity contribution is 4.99. The molecule has 0 saturated heterocycles. The fraction of sp³-hybridized carbons (Fsp3) is 0.778. The Morgan fingerprint density at radius 1 is 1.20 bits per heavy atom. The molecule has 0 heterocycles. The minimum Gasteiger partial charge on any atom is -0.359 e. The van der Waals surface area contributed by atoms with Gasteiger partial charge in [0.05, 0.1) is 0 Å². The van der Waals surface area contributed by atoms with Gasteiger partial charge in [0.2, 0.25) is 0 Å². The van der Waals surface area contributed by atoms with Crippen molar-refractivity contribution >= 4 is 0 Å². The predicted molar refractivity (Wildman–Crippen MR) is 45.3 cm³/mol. The first kappa shape index (κ1) is 9.36. The molecular formula is C9H17N. The van der Waals surface area contributed by atoms with E-state index in [1.165, 1.54) is 25.7 Å². The molecule has 0 aromatic heterocycles. The minimum atomic E-state index is 0.542. The standard InChI is InChI=1S/C9H17N/c1-3-5-9(6-4-2)7-8-10/h9H,3-6,10H2,1-2H3. The van der Waals surface area contributed by atoms with Gasteiger partial charge in [-0.1, -0.05) is 32.6 Å². The Morgan fingerprint density at radius 2 is 1.70 bits per heavy atom. The first-order valence-corrected chi connectivity index (χ1v) is 4.06. The largest absolute Gasteiger partial charge is 0.359 e. The number of hydrogen-bond donors (Lipinski definition) is 1. The van der Waals surface area contributed by atoms with Crippen molar-refractivity contribution in [3.63, 3.8) is 0 Å². The summed E-state index contributed by atoms with van der Waals surface area (Å²) in [6.45, 7) is 4.36. The number of rotatable bonds is 4. The lowest BCUT2D eigenvalue weighted by Crippen LogP contribution is -1.96. The third-order valence-electron chi connectivity index (χ3n) is 1.56. The average molecular weight is 139 g/mol. The van der Waals surface area contributed by atoms with Crippen LogP contribution in [-0.4, -0.2) is 0 Å². The van der Waals surface area contributed by atoms with Crippen LogP contribution in [0.1, 0.15) is 39.5 Å². The quantitative estimate of drug-likeness (QED) is 0.468. The van der Waals surface area contributed by atoms with Crippen LogP contribution in [0.15, 0.2) is 0 Å². The first-order chi connectivity index (χ1) is 4.85. The Labute approximate surface area is 64.0 Å². The van der Waals surface area contributed by atoms with Crippen LogP contribution in [-0.2, 0) is 0 Å². The number of hydrogen-bond acceptors (Lipinski definition) is 1. The molecule has 2 N–H and O–H groups in total. The van der Waals surface area contributed by atoms with Gasteiger partial charge in [-0.3, -0.25) is 0 Å². The highest BCUT2D eigenvalue weighted by Crippen LogP contribution is 2.11. The molecule has 1 heteroatoms. The van der Waals surface area contributed by atoms with Gasteiger partial charge >= 0.3 is 0 Å². The van der Waals surface area contributed by atoms with Crippen LogP contribution in [0.2, 0.25) is 0 Å². The van der Waals surface area contributed by atoms with E-state index in [0.29, 0.717) is 5.92 Å². The van der Waals surface area contributed by atoms with Gasteiger partial charge in [0.1, 0.15) is 0 Å². The van der Waals surface area contributed by atoms with Gasteiger partial charge in [0.15, 0.2) is 0 Å². The van der Waals surface area contributed by atoms with Crippen molar-refractivity contribution in [2.75, 3.05) is 0 Å². The molecule has 0 atom stereocenters. The van der Waals surface area contributed by atoms with Crippen LogP contribution < -0.4 is 5.73 Å². The van der Waals surface area contributed by atoms with Crippen molar-refractivity contribution in [3.05, 3.63) is 0 Å². The third kappa shape index (κ3) is 4.26. The molecule has 0 aliphatic rings. The zero-order valence-electron chi connectivity index (χ0n) is 6.98. The molecular weight excluding hydrogens is 122 g/mol. The summed E-state index contributed by atoms with van der Waals surface area (Å²) in [6.07, 6.45) is 4.80. The van der Waals surface area contributed by atoms with E-state index >= 15 is 0 Å². The van der Waals surface area contributed by atoms with Gasteiger partial charge < -0.3 is 5.73 Å². The number of nitrogens with two attached hydrogens (primary N) is 1. The Balaban J connectivity index is 3.57. The molecule has 0 rings (SSSR count). The van der Waals surface area contributed by atoms with Crippen molar-refractivity contribution in [2.45, 2.75) is 39.5 Å². The molecule has 0 aliphatic heterocycles. The maximum atomic E-state index is 5.13. The topological polar surface area (TPSA) is 26.0 Å². The van der Waals surface area contributed by atoms with Gasteiger partial charge in [0.25, 0.3) is 0 Å². The van der Waals surface area contributed by atoms with Crippen molar-refractivity contribution in [1.29, 1.82) is 0 Å². The van der Waals surface area contributed by atoms with Crippen LogP contribution in [0.4, 0.5) is 0 Å². The first-order valence-electron chi connectivity index (χ1n) is 4.06.